The predicted molar refractivity (Wildman–Crippen MR) is 48.7 cm³/mol. The Morgan fingerprint density at radius 1 is 1.60 bits per heavy atom. The van der Waals surface area contributed by atoms with Gasteiger partial charge >= 0.3 is 0 Å². The summed E-state index contributed by atoms with van der Waals surface area (Å²) in [5, 5.41) is 2.59. The molecule has 3 nitrogen and oxygen atoms in total. The Morgan fingerprint density at radius 3 is 2.87 bits per heavy atom. The summed E-state index contributed by atoms with van der Waals surface area (Å²) in [6.07, 6.45) is 2.47. The molecule has 0 saturated heterocycles. The van der Waals surface area contributed by atoms with Crippen LogP contribution in [0.2, 0.25) is 0 Å². The Hall–Kier alpha value is -1.39. The van der Waals surface area contributed by atoms with E-state index >= 15 is 0 Å². The highest BCUT2D eigenvalue weighted by Crippen LogP contribution is 2.41. The largest absolute Gasteiger partial charge is 0.472 e. The highest BCUT2D eigenvalue weighted by atomic mass is 19.3. The Labute approximate surface area is 85.5 Å². The van der Waals surface area contributed by atoms with Gasteiger partial charge in [0.2, 0.25) is 5.92 Å². The van der Waals surface area contributed by atoms with Crippen LogP contribution in [0.1, 0.15) is 23.2 Å². The second-order valence-electron chi connectivity index (χ2n) is 3.85. The van der Waals surface area contributed by atoms with Crippen molar-refractivity contribution >= 4 is 5.91 Å². The van der Waals surface area contributed by atoms with E-state index in [0.29, 0.717) is 12.1 Å². The van der Waals surface area contributed by atoms with Crippen LogP contribution < -0.4 is 5.32 Å². The van der Waals surface area contributed by atoms with E-state index in [1.54, 1.807) is 0 Å². The van der Waals surface area contributed by atoms with Gasteiger partial charge in [0.1, 0.15) is 6.26 Å². The topological polar surface area (TPSA) is 42.2 Å². The maximum atomic E-state index is 12.5. The van der Waals surface area contributed by atoms with Gasteiger partial charge in [-0.3, -0.25) is 4.79 Å². The Kier molecular flexibility index (Phi) is 2.46. The summed E-state index contributed by atoms with van der Waals surface area (Å²) >= 11 is 0. The van der Waals surface area contributed by atoms with Crippen molar-refractivity contribution in [3.05, 3.63) is 24.2 Å². The van der Waals surface area contributed by atoms with Crippen molar-refractivity contribution < 1.29 is 18.0 Å². The number of nitrogens with one attached hydrogen (secondary N) is 1. The molecule has 5 heteroatoms. The molecule has 0 unspecified atom stereocenters. The maximum absolute atomic E-state index is 12.5. The van der Waals surface area contributed by atoms with Gasteiger partial charge in [-0.05, 0) is 12.0 Å². The minimum atomic E-state index is -2.52. The molecule has 2 rings (SSSR count). The average Bonchev–Trinajstić information content (AvgIpc) is 2.63. The number of alkyl halides is 2. The van der Waals surface area contributed by atoms with Crippen LogP contribution in [0, 0.1) is 5.92 Å². The number of amides is 1. The summed E-state index contributed by atoms with van der Waals surface area (Å²) in [7, 11) is 0. The lowest BCUT2D eigenvalue weighted by molar-refractivity contribution is -0.108. The first-order chi connectivity index (χ1) is 7.07. The Balaban J connectivity index is 1.74. The van der Waals surface area contributed by atoms with Gasteiger partial charge in [-0.1, -0.05) is 0 Å². The average molecular weight is 215 g/mol. The van der Waals surface area contributed by atoms with Crippen LogP contribution in [0.5, 0.6) is 0 Å². The smallest absolute Gasteiger partial charge is 0.254 e. The molecule has 15 heavy (non-hydrogen) atoms. The van der Waals surface area contributed by atoms with E-state index < -0.39 is 5.92 Å². The molecule has 1 heterocycles. The summed E-state index contributed by atoms with van der Waals surface area (Å²) in [4.78, 5) is 11.4. The first-order valence-electron chi connectivity index (χ1n) is 4.75. The second kappa shape index (κ2) is 3.64. The predicted octanol–water partition coefficient (Wildman–Crippen LogP) is 2.05. The number of halogens is 2. The van der Waals surface area contributed by atoms with Gasteiger partial charge in [0.05, 0.1) is 11.8 Å². The highest BCUT2D eigenvalue weighted by molar-refractivity contribution is 5.93. The molecular formula is C10H11F2NO2. The molecule has 82 valence electrons. The first kappa shape index (κ1) is 10.1. The monoisotopic (exact) mass is 215 g/mol. The van der Waals surface area contributed by atoms with E-state index in [1.807, 2.05) is 0 Å². The molecule has 1 aliphatic rings. The van der Waals surface area contributed by atoms with Crippen LogP contribution in [-0.2, 0) is 0 Å². The lowest BCUT2D eigenvalue weighted by Gasteiger charge is -2.34. The summed E-state index contributed by atoms with van der Waals surface area (Å²) < 4.78 is 29.7. The van der Waals surface area contributed by atoms with Crippen molar-refractivity contribution in [2.75, 3.05) is 6.54 Å². The van der Waals surface area contributed by atoms with E-state index in [4.69, 9.17) is 4.42 Å². The van der Waals surface area contributed by atoms with Crippen molar-refractivity contribution in [1.82, 2.24) is 5.32 Å². The van der Waals surface area contributed by atoms with E-state index in [9.17, 15) is 13.6 Å². The van der Waals surface area contributed by atoms with Crippen LogP contribution in [-0.4, -0.2) is 18.4 Å². The molecule has 1 aliphatic carbocycles. The van der Waals surface area contributed by atoms with E-state index in [2.05, 4.69) is 5.32 Å². The molecular weight excluding hydrogens is 204 g/mol. The van der Waals surface area contributed by atoms with Crippen molar-refractivity contribution in [2.45, 2.75) is 18.8 Å². The molecule has 0 aromatic carbocycles. The van der Waals surface area contributed by atoms with Gasteiger partial charge in [-0.25, -0.2) is 8.78 Å². The number of rotatable bonds is 3. The third kappa shape index (κ3) is 2.34. The number of carbonyl (C=O) groups excluding carboxylic acids is 1. The van der Waals surface area contributed by atoms with Crippen LogP contribution in [0.3, 0.4) is 0 Å². The standard InChI is InChI=1S/C10H11F2NO2/c11-10(12)3-7(4-10)5-13-9(14)8-1-2-15-6-8/h1-2,6-7H,3-5H2,(H,13,14). The summed E-state index contributed by atoms with van der Waals surface area (Å²) in [6, 6.07) is 1.53. The second-order valence-corrected chi connectivity index (χ2v) is 3.85. The number of furan rings is 1. The normalized spacial score (nSPS) is 19.6. The fraction of sp³-hybridized carbons (Fsp3) is 0.500. The number of carbonyl (C=O) groups is 1. The van der Waals surface area contributed by atoms with Crippen LogP contribution in [0.25, 0.3) is 0 Å². The van der Waals surface area contributed by atoms with E-state index in [-0.39, 0.29) is 24.7 Å². The van der Waals surface area contributed by atoms with Gasteiger partial charge in [-0.2, -0.15) is 0 Å². The van der Waals surface area contributed by atoms with Crippen LogP contribution >= 0.6 is 0 Å². The molecule has 1 amide bonds. The molecule has 1 saturated carbocycles. The molecule has 1 fully saturated rings. The molecule has 0 radical (unpaired) electrons. The minimum absolute atomic E-state index is 0.101. The highest BCUT2D eigenvalue weighted by Gasteiger charge is 2.44. The molecule has 0 aliphatic heterocycles. The van der Waals surface area contributed by atoms with Crippen molar-refractivity contribution in [2.24, 2.45) is 5.92 Å². The van der Waals surface area contributed by atoms with Gasteiger partial charge in [0, 0.05) is 19.4 Å². The third-order valence-electron chi connectivity index (χ3n) is 2.51. The Bertz CT molecular complexity index is 340. The fourth-order valence-electron chi connectivity index (χ4n) is 1.66. The lowest BCUT2D eigenvalue weighted by Crippen LogP contribution is -2.42. The van der Waals surface area contributed by atoms with Crippen molar-refractivity contribution in [1.29, 1.82) is 0 Å². The minimum Gasteiger partial charge on any atom is -0.472 e. The lowest BCUT2D eigenvalue weighted by atomic mass is 9.81. The first-order valence-corrected chi connectivity index (χ1v) is 4.75. The number of hydrogen-bond acceptors (Lipinski definition) is 2. The van der Waals surface area contributed by atoms with Gasteiger partial charge in [0.25, 0.3) is 5.91 Å². The quantitative estimate of drug-likeness (QED) is 0.838. The summed E-state index contributed by atoms with van der Waals surface area (Å²) in [5.74, 6) is -2.90. The van der Waals surface area contributed by atoms with Crippen molar-refractivity contribution in [3.8, 4) is 0 Å². The van der Waals surface area contributed by atoms with Crippen LogP contribution in [0.4, 0.5) is 8.78 Å². The third-order valence-corrected chi connectivity index (χ3v) is 2.51. The zero-order valence-electron chi connectivity index (χ0n) is 8.00. The zero-order valence-corrected chi connectivity index (χ0v) is 8.00. The zero-order chi connectivity index (χ0) is 10.9. The van der Waals surface area contributed by atoms with Crippen LogP contribution in [0.15, 0.2) is 23.0 Å². The molecule has 1 aromatic rings. The molecule has 1 aromatic heterocycles. The van der Waals surface area contributed by atoms with Gasteiger partial charge < -0.3 is 9.73 Å². The maximum Gasteiger partial charge on any atom is 0.254 e. The molecule has 0 bridgehead atoms. The molecule has 0 spiro atoms. The molecule has 1 N–H and O–H groups in total. The SMILES string of the molecule is O=C(NCC1CC(F)(F)C1)c1ccoc1. The van der Waals surface area contributed by atoms with E-state index in [1.165, 1.54) is 18.6 Å². The number of hydrogen-bond donors (Lipinski definition) is 1. The van der Waals surface area contributed by atoms with Crippen molar-refractivity contribution in [3.63, 3.8) is 0 Å². The van der Waals surface area contributed by atoms with E-state index in [0.717, 1.165) is 0 Å². The van der Waals surface area contributed by atoms with Gasteiger partial charge in [-0.15, -0.1) is 0 Å². The fourth-order valence-corrected chi connectivity index (χ4v) is 1.66. The summed E-state index contributed by atoms with van der Waals surface area (Å²) in [5.41, 5.74) is 0.418. The molecule has 0 atom stereocenters. The van der Waals surface area contributed by atoms with Gasteiger partial charge in [0.15, 0.2) is 0 Å². The Morgan fingerprint density at radius 2 is 2.33 bits per heavy atom. The summed E-state index contributed by atoms with van der Waals surface area (Å²) in [6.45, 7) is 0.305.